The Labute approximate surface area is 116 Å². The Bertz CT molecular complexity index is 649. The summed E-state index contributed by atoms with van der Waals surface area (Å²) in [6.07, 6.45) is 1.70. The monoisotopic (exact) mass is 270 g/mol. The predicted octanol–water partition coefficient (Wildman–Crippen LogP) is 2.35. The zero-order chi connectivity index (χ0) is 14.2. The molecule has 0 saturated heterocycles. The molecule has 20 heavy (non-hydrogen) atoms. The van der Waals surface area contributed by atoms with Gasteiger partial charge in [0.25, 0.3) is 0 Å². The van der Waals surface area contributed by atoms with E-state index in [0.29, 0.717) is 11.3 Å². The number of furan rings is 1. The van der Waals surface area contributed by atoms with Crippen LogP contribution in [0.15, 0.2) is 58.2 Å². The first-order valence-corrected chi connectivity index (χ1v) is 6.31. The molecule has 0 radical (unpaired) electrons. The molecule has 5 heteroatoms. The summed E-state index contributed by atoms with van der Waals surface area (Å²) in [7, 11) is 0. The van der Waals surface area contributed by atoms with Crippen molar-refractivity contribution in [3.05, 3.63) is 60.1 Å². The van der Waals surface area contributed by atoms with E-state index in [4.69, 9.17) is 4.42 Å². The van der Waals surface area contributed by atoms with E-state index in [-0.39, 0.29) is 12.2 Å². The molecule has 1 aromatic carbocycles. The Morgan fingerprint density at radius 1 is 1.30 bits per heavy atom. The van der Waals surface area contributed by atoms with Gasteiger partial charge in [0.1, 0.15) is 0 Å². The van der Waals surface area contributed by atoms with Crippen LogP contribution in [0.5, 0.6) is 0 Å². The average molecular weight is 270 g/mol. The van der Waals surface area contributed by atoms with E-state index < -0.39 is 11.6 Å². The molecule has 0 fully saturated rings. The van der Waals surface area contributed by atoms with Crippen molar-refractivity contribution in [1.29, 1.82) is 0 Å². The molecule has 1 atom stereocenters. The molecule has 5 nitrogen and oxygen atoms in total. The van der Waals surface area contributed by atoms with Gasteiger partial charge in [-0.1, -0.05) is 30.3 Å². The summed E-state index contributed by atoms with van der Waals surface area (Å²) in [5.41, 5.74) is -0.147. The maximum absolute atomic E-state index is 12.4. The van der Waals surface area contributed by atoms with Crippen LogP contribution in [0.2, 0.25) is 0 Å². The number of benzene rings is 1. The van der Waals surface area contributed by atoms with Gasteiger partial charge in [0.15, 0.2) is 11.5 Å². The highest BCUT2D eigenvalue weighted by Gasteiger charge is 2.45. The van der Waals surface area contributed by atoms with Crippen molar-refractivity contribution in [3.8, 4) is 0 Å². The van der Waals surface area contributed by atoms with Crippen molar-refractivity contribution in [2.24, 2.45) is 5.10 Å². The van der Waals surface area contributed by atoms with Crippen LogP contribution in [0.4, 0.5) is 0 Å². The Morgan fingerprint density at radius 2 is 2.05 bits per heavy atom. The van der Waals surface area contributed by atoms with Gasteiger partial charge in [0.05, 0.1) is 6.26 Å². The summed E-state index contributed by atoms with van der Waals surface area (Å²) in [6.45, 7) is 1.78. The van der Waals surface area contributed by atoms with E-state index in [1.807, 2.05) is 18.2 Å². The Balaban J connectivity index is 2.02. The van der Waals surface area contributed by atoms with E-state index in [0.717, 1.165) is 5.01 Å². The first-order valence-electron chi connectivity index (χ1n) is 6.31. The fourth-order valence-electron chi connectivity index (χ4n) is 2.37. The smallest absolute Gasteiger partial charge is 0.312 e. The van der Waals surface area contributed by atoms with E-state index in [9.17, 15) is 9.90 Å². The summed E-state index contributed by atoms with van der Waals surface area (Å²) in [4.78, 5) is 12.4. The molecular formula is C15H14N2O3. The predicted molar refractivity (Wildman–Crippen MR) is 72.9 cm³/mol. The minimum atomic E-state index is -1.46. The van der Waals surface area contributed by atoms with Crippen molar-refractivity contribution in [2.45, 2.75) is 19.1 Å². The highest BCUT2D eigenvalue weighted by Crippen LogP contribution is 2.36. The molecule has 0 bridgehead atoms. The van der Waals surface area contributed by atoms with Crippen molar-refractivity contribution >= 4 is 11.6 Å². The SMILES string of the molecule is CC1=NN(C(=O)c2ccco2)[C@@](O)(c2ccccc2)C1. The molecule has 3 rings (SSSR count). The average Bonchev–Trinajstić information content (AvgIpc) is 3.08. The number of carbonyl (C=O) groups excluding carboxylic acids is 1. The van der Waals surface area contributed by atoms with Gasteiger partial charge in [-0.2, -0.15) is 10.1 Å². The summed E-state index contributed by atoms with van der Waals surface area (Å²) in [5, 5.41) is 16.2. The lowest BCUT2D eigenvalue weighted by Gasteiger charge is -2.30. The van der Waals surface area contributed by atoms with E-state index in [1.165, 1.54) is 6.26 Å². The summed E-state index contributed by atoms with van der Waals surface area (Å²) < 4.78 is 5.10. The number of hydrogen-bond acceptors (Lipinski definition) is 4. The number of amides is 1. The molecule has 1 aliphatic heterocycles. The zero-order valence-electron chi connectivity index (χ0n) is 11.0. The van der Waals surface area contributed by atoms with E-state index >= 15 is 0 Å². The zero-order valence-corrected chi connectivity index (χ0v) is 11.0. The first-order chi connectivity index (χ1) is 9.61. The minimum Gasteiger partial charge on any atom is -0.459 e. The summed E-state index contributed by atoms with van der Waals surface area (Å²) in [5.74, 6) is -0.309. The third kappa shape index (κ3) is 1.92. The van der Waals surface area contributed by atoms with Gasteiger partial charge in [-0.15, -0.1) is 0 Å². The second-order valence-corrected chi connectivity index (χ2v) is 4.79. The molecule has 2 aromatic rings. The maximum Gasteiger partial charge on any atom is 0.312 e. The molecule has 0 spiro atoms. The topological polar surface area (TPSA) is 66.0 Å². The van der Waals surface area contributed by atoms with Crippen LogP contribution in [0.25, 0.3) is 0 Å². The molecule has 1 aromatic heterocycles. The second-order valence-electron chi connectivity index (χ2n) is 4.79. The van der Waals surface area contributed by atoms with Crippen LogP contribution in [-0.4, -0.2) is 21.7 Å². The number of nitrogens with zero attached hydrogens (tertiary/aromatic N) is 2. The standard InChI is InChI=1S/C15H14N2O3/c1-11-10-15(19,12-6-3-2-4-7-12)17(16-11)14(18)13-8-5-9-20-13/h2-9,19H,10H2,1H3/t15-/m0/s1. The van der Waals surface area contributed by atoms with Crippen LogP contribution in [0.1, 0.15) is 29.5 Å². The van der Waals surface area contributed by atoms with Crippen LogP contribution in [0.3, 0.4) is 0 Å². The van der Waals surface area contributed by atoms with Crippen LogP contribution in [-0.2, 0) is 5.72 Å². The molecular weight excluding hydrogens is 256 g/mol. The number of rotatable bonds is 2. The normalized spacial score (nSPS) is 21.9. The van der Waals surface area contributed by atoms with Gasteiger partial charge >= 0.3 is 5.91 Å². The Hall–Kier alpha value is -2.40. The molecule has 1 amide bonds. The lowest BCUT2D eigenvalue weighted by molar-refractivity contribution is -0.0776. The van der Waals surface area contributed by atoms with Crippen molar-refractivity contribution < 1.29 is 14.3 Å². The summed E-state index contributed by atoms with van der Waals surface area (Å²) >= 11 is 0. The van der Waals surface area contributed by atoms with Crippen molar-refractivity contribution in [3.63, 3.8) is 0 Å². The van der Waals surface area contributed by atoms with E-state index in [2.05, 4.69) is 5.10 Å². The molecule has 1 N–H and O–H groups in total. The number of hydrazone groups is 1. The molecule has 0 aliphatic carbocycles. The highest BCUT2D eigenvalue weighted by atomic mass is 16.4. The van der Waals surface area contributed by atoms with Gasteiger partial charge in [-0.25, -0.2) is 0 Å². The van der Waals surface area contributed by atoms with E-state index in [1.54, 1.807) is 31.2 Å². The third-order valence-electron chi connectivity index (χ3n) is 3.28. The highest BCUT2D eigenvalue weighted by molar-refractivity contribution is 5.95. The van der Waals surface area contributed by atoms with Gasteiger partial charge in [0, 0.05) is 17.7 Å². The number of hydrogen-bond donors (Lipinski definition) is 1. The lowest BCUT2D eigenvalue weighted by atomic mass is 9.97. The number of aliphatic hydroxyl groups is 1. The van der Waals surface area contributed by atoms with Crippen LogP contribution < -0.4 is 0 Å². The first kappa shape index (κ1) is 12.6. The Morgan fingerprint density at radius 3 is 2.70 bits per heavy atom. The molecule has 102 valence electrons. The molecule has 1 aliphatic rings. The molecule has 2 heterocycles. The fraction of sp³-hybridized carbons (Fsp3) is 0.200. The van der Waals surface area contributed by atoms with Gasteiger partial charge in [-0.05, 0) is 19.1 Å². The van der Waals surface area contributed by atoms with Gasteiger partial charge < -0.3 is 9.52 Å². The lowest BCUT2D eigenvalue weighted by Crippen LogP contribution is -2.43. The largest absolute Gasteiger partial charge is 0.459 e. The molecule has 0 saturated carbocycles. The fourth-order valence-corrected chi connectivity index (χ4v) is 2.37. The van der Waals surface area contributed by atoms with Gasteiger partial charge in [-0.3, -0.25) is 4.79 Å². The number of carbonyl (C=O) groups is 1. The summed E-state index contributed by atoms with van der Waals surface area (Å²) in [6, 6.07) is 12.2. The van der Waals surface area contributed by atoms with Crippen LogP contribution in [0, 0.1) is 0 Å². The third-order valence-corrected chi connectivity index (χ3v) is 3.28. The maximum atomic E-state index is 12.4. The molecule has 0 unspecified atom stereocenters. The van der Waals surface area contributed by atoms with Crippen molar-refractivity contribution in [1.82, 2.24) is 5.01 Å². The van der Waals surface area contributed by atoms with Crippen molar-refractivity contribution in [2.75, 3.05) is 0 Å². The Kier molecular flexibility index (Phi) is 2.91. The quantitative estimate of drug-likeness (QED) is 0.910. The van der Waals surface area contributed by atoms with Gasteiger partial charge in [0.2, 0.25) is 0 Å². The second kappa shape index (κ2) is 4.61. The minimum absolute atomic E-state index is 0.151. The van der Waals surface area contributed by atoms with Crippen LogP contribution >= 0.6 is 0 Å².